The molecule has 1 nitrogen and oxygen atoms in total. The van der Waals surface area contributed by atoms with E-state index >= 15 is 0 Å². The van der Waals surface area contributed by atoms with Crippen LogP contribution in [-0.4, -0.2) is 6.04 Å². The lowest BCUT2D eigenvalue weighted by Gasteiger charge is -2.21. The molecule has 21 heavy (non-hydrogen) atoms. The first-order valence-corrected chi connectivity index (χ1v) is 8.73. The number of unbranched alkanes of at least 4 members (excludes halogenated alkanes) is 8. The predicted molar refractivity (Wildman–Crippen MR) is 103 cm³/mol. The summed E-state index contributed by atoms with van der Waals surface area (Å²) < 4.78 is 0. The molecule has 0 aliphatic heterocycles. The first-order chi connectivity index (χ1) is 9.76. The monoisotopic (exact) mass is 359 g/mol. The van der Waals surface area contributed by atoms with Crippen LogP contribution in [0.25, 0.3) is 0 Å². The number of allylic oxidation sites excluding steroid dienone is 2. The maximum Gasteiger partial charge on any atom is 0.00730 e. The van der Waals surface area contributed by atoms with Crippen LogP contribution in [0.5, 0.6) is 0 Å². The highest BCUT2D eigenvalue weighted by Crippen LogP contribution is 2.19. The molecule has 0 aliphatic carbocycles. The van der Waals surface area contributed by atoms with Crippen molar-refractivity contribution in [2.45, 2.75) is 90.0 Å². The summed E-state index contributed by atoms with van der Waals surface area (Å²) in [6, 6.07) is 0.315. The minimum atomic E-state index is 0. The highest BCUT2D eigenvalue weighted by atomic mass is 79.9. The van der Waals surface area contributed by atoms with Gasteiger partial charge in [0.15, 0.2) is 0 Å². The van der Waals surface area contributed by atoms with Gasteiger partial charge in [-0.1, -0.05) is 76.9 Å². The molecule has 0 aromatic heterocycles. The first kappa shape index (κ1) is 23.2. The first-order valence-electron chi connectivity index (χ1n) is 8.73. The second-order valence-corrected chi connectivity index (χ2v) is 6.09. The van der Waals surface area contributed by atoms with Crippen LogP contribution in [0.4, 0.5) is 0 Å². The Morgan fingerprint density at radius 3 is 1.67 bits per heavy atom. The summed E-state index contributed by atoms with van der Waals surface area (Å²) in [6.07, 6.45) is 19.6. The van der Waals surface area contributed by atoms with Gasteiger partial charge in [0.25, 0.3) is 0 Å². The lowest BCUT2D eigenvalue weighted by Crippen LogP contribution is -2.29. The Bertz CT molecular complexity index is 218. The number of nitrogens with two attached hydrogens (primary N) is 1. The van der Waals surface area contributed by atoms with E-state index in [1.165, 1.54) is 57.8 Å². The van der Waals surface area contributed by atoms with Gasteiger partial charge in [-0.15, -0.1) is 30.1 Å². The second kappa shape index (κ2) is 18.0. The van der Waals surface area contributed by atoms with Crippen molar-refractivity contribution in [2.75, 3.05) is 0 Å². The smallest absolute Gasteiger partial charge is 0.00730 e. The topological polar surface area (TPSA) is 26.0 Å². The molecule has 1 atom stereocenters. The molecule has 0 aromatic rings. The van der Waals surface area contributed by atoms with Gasteiger partial charge in [0, 0.05) is 6.04 Å². The summed E-state index contributed by atoms with van der Waals surface area (Å²) in [4.78, 5) is 0. The Hall–Kier alpha value is -0.0800. The molecule has 0 aliphatic rings. The number of halogens is 1. The molecule has 0 aromatic carbocycles. The Morgan fingerprint density at radius 1 is 0.810 bits per heavy atom. The molecule has 0 bridgehead atoms. The molecule has 2 N–H and O–H groups in total. The van der Waals surface area contributed by atoms with Crippen LogP contribution in [-0.2, 0) is 0 Å². The summed E-state index contributed by atoms with van der Waals surface area (Å²) in [5.41, 5.74) is 6.29. The summed E-state index contributed by atoms with van der Waals surface area (Å²) >= 11 is 0. The molecule has 0 spiro atoms. The lowest BCUT2D eigenvalue weighted by molar-refractivity contribution is 0.391. The van der Waals surface area contributed by atoms with Gasteiger partial charge in [-0.05, 0) is 25.2 Å². The van der Waals surface area contributed by atoms with E-state index in [0.717, 1.165) is 19.3 Å². The molecule has 0 amide bonds. The van der Waals surface area contributed by atoms with Crippen molar-refractivity contribution in [1.29, 1.82) is 0 Å². The Kier molecular flexibility index (Phi) is 19.8. The van der Waals surface area contributed by atoms with Crippen molar-refractivity contribution < 1.29 is 0 Å². The van der Waals surface area contributed by atoms with Gasteiger partial charge < -0.3 is 5.73 Å². The van der Waals surface area contributed by atoms with E-state index in [4.69, 9.17) is 5.73 Å². The van der Waals surface area contributed by atoms with Gasteiger partial charge in [-0.3, -0.25) is 0 Å². The molecule has 126 valence electrons. The third kappa shape index (κ3) is 14.6. The molecule has 0 radical (unpaired) electrons. The van der Waals surface area contributed by atoms with Gasteiger partial charge in [-0.25, -0.2) is 0 Å². The van der Waals surface area contributed by atoms with Gasteiger partial charge in [0.2, 0.25) is 0 Å². The fraction of sp³-hybridized carbons (Fsp3) is 0.789. The van der Waals surface area contributed by atoms with Crippen molar-refractivity contribution in [2.24, 2.45) is 11.7 Å². The average molecular weight is 360 g/mol. The van der Waals surface area contributed by atoms with Gasteiger partial charge in [0.05, 0.1) is 0 Å². The highest BCUT2D eigenvalue weighted by molar-refractivity contribution is 8.93. The van der Waals surface area contributed by atoms with E-state index in [2.05, 4.69) is 20.1 Å². The standard InChI is InChI=1S/C19H37N.BrH/c1-4-7-8-9-10-11-12-13-14-17-19(20)18(15-5-2)16-6-3;/h5-6,18-19H,2-4,7-17,20H2,1H3;1H. The van der Waals surface area contributed by atoms with Gasteiger partial charge in [0.1, 0.15) is 0 Å². The fourth-order valence-electron chi connectivity index (χ4n) is 2.80. The van der Waals surface area contributed by atoms with Crippen LogP contribution in [0.15, 0.2) is 25.3 Å². The Morgan fingerprint density at radius 2 is 1.24 bits per heavy atom. The van der Waals surface area contributed by atoms with Gasteiger partial charge in [-0.2, -0.15) is 0 Å². The molecule has 0 heterocycles. The SMILES string of the molecule is Br.C=CCC(CC=C)C(N)CCCCCCCCCCC. The molecule has 0 saturated heterocycles. The van der Waals surface area contributed by atoms with E-state index in [1.54, 1.807) is 0 Å². The Balaban J connectivity index is 0. The summed E-state index contributed by atoms with van der Waals surface area (Å²) in [6.45, 7) is 9.93. The molecule has 0 rings (SSSR count). The van der Waals surface area contributed by atoms with Crippen molar-refractivity contribution in [1.82, 2.24) is 0 Å². The van der Waals surface area contributed by atoms with E-state index in [1.807, 2.05) is 12.2 Å². The number of hydrogen-bond donors (Lipinski definition) is 1. The number of rotatable bonds is 15. The van der Waals surface area contributed by atoms with E-state index in [0.29, 0.717) is 12.0 Å². The summed E-state index contributed by atoms with van der Waals surface area (Å²) in [7, 11) is 0. The third-order valence-electron chi connectivity index (χ3n) is 4.19. The van der Waals surface area contributed by atoms with E-state index in [9.17, 15) is 0 Å². The minimum Gasteiger partial charge on any atom is -0.327 e. The molecule has 0 fully saturated rings. The van der Waals surface area contributed by atoms with Crippen molar-refractivity contribution in [3.05, 3.63) is 25.3 Å². The molecular formula is C19H38BrN. The fourth-order valence-corrected chi connectivity index (χ4v) is 2.80. The number of hydrogen-bond acceptors (Lipinski definition) is 1. The van der Waals surface area contributed by atoms with Crippen LogP contribution >= 0.6 is 17.0 Å². The zero-order valence-corrected chi connectivity index (χ0v) is 15.9. The molecule has 0 saturated carbocycles. The van der Waals surface area contributed by atoms with Crippen molar-refractivity contribution in [3.63, 3.8) is 0 Å². The lowest BCUT2D eigenvalue weighted by atomic mass is 9.89. The van der Waals surface area contributed by atoms with Crippen molar-refractivity contribution >= 4 is 17.0 Å². The quantitative estimate of drug-likeness (QED) is 0.259. The maximum absolute atomic E-state index is 6.29. The maximum atomic E-state index is 6.29. The van der Waals surface area contributed by atoms with Crippen LogP contribution < -0.4 is 5.73 Å². The van der Waals surface area contributed by atoms with Crippen molar-refractivity contribution in [3.8, 4) is 0 Å². The summed E-state index contributed by atoms with van der Waals surface area (Å²) in [5, 5.41) is 0. The molecular weight excluding hydrogens is 322 g/mol. The average Bonchev–Trinajstić information content (AvgIpc) is 2.45. The van der Waals surface area contributed by atoms with Crippen LogP contribution in [0.2, 0.25) is 0 Å². The third-order valence-corrected chi connectivity index (χ3v) is 4.19. The van der Waals surface area contributed by atoms with Crippen LogP contribution in [0, 0.1) is 5.92 Å². The van der Waals surface area contributed by atoms with Gasteiger partial charge >= 0.3 is 0 Å². The highest BCUT2D eigenvalue weighted by Gasteiger charge is 2.14. The normalized spacial score (nSPS) is 12.0. The molecule has 2 heteroatoms. The van der Waals surface area contributed by atoms with E-state index < -0.39 is 0 Å². The molecule has 1 unspecified atom stereocenters. The summed E-state index contributed by atoms with van der Waals surface area (Å²) in [5.74, 6) is 0.541. The zero-order valence-electron chi connectivity index (χ0n) is 14.2. The minimum absolute atomic E-state index is 0. The predicted octanol–water partition coefficient (Wildman–Crippen LogP) is 6.58. The largest absolute Gasteiger partial charge is 0.327 e. The van der Waals surface area contributed by atoms with Crippen LogP contribution in [0.1, 0.15) is 84.0 Å². The second-order valence-electron chi connectivity index (χ2n) is 6.09. The van der Waals surface area contributed by atoms with Crippen LogP contribution in [0.3, 0.4) is 0 Å². The zero-order chi connectivity index (χ0) is 15.1. The Labute approximate surface area is 144 Å². The van der Waals surface area contributed by atoms with E-state index in [-0.39, 0.29) is 17.0 Å².